The fourth-order valence-corrected chi connectivity index (χ4v) is 3.67. The molecule has 0 radical (unpaired) electrons. The molecule has 8 nitrogen and oxygen atoms in total. The molecule has 8 heteroatoms. The van der Waals surface area contributed by atoms with Crippen LogP contribution in [0.3, 0.4) is 0 Å². The van der Waals surface area contributed by atoms with Gasteiger partial charge in [-0.05, 0) is 49.7 Å². The normalized spacial score (nSPS) is 19.4. The first-order valence-corrected chi connectivity index (χ1v) is 9.40. The van der Waals surface area contributed by atoms with Gasteiger partial charge in [-0.1, -0.05) is 6.07 Å². The zero-order valence-corrected chi connectivity index (χ0v) is 16.8. The van der Waals surface area contributed by atoms with Crippen LogP contribution in [-0.2, 0) is 0 Å². The van der Waals surface area contributed by atoms with E-state index in [0.29, 0.717) is 17.1 Å². The van der Waals surface area contributed by atoms with Crippen molar-refractivity contribution >= 4 is 11.6 Å². The molecule has 0 aliphatic carbocycles. The minimum Gasteiger partial charge on any atom is -0.493 e. The second kappa shape index (κ2) is 8.91. The van der Waals surface area contributed by atoms with E-state index in [1.165, 1.54) is 24.3 Å². The summed E-state index contributed by atoms with van der Waals surface area (Å²) in [6.45, 7) is 0.838. The summed E-state index contributed by atoms with van der Waals surface area (Å²) in [6, 6.07) is 11.7. The lowest BCUT2D eigenvalue weighted by Crippen LogP contribution is -2.44. The van der Waals surface area contributed by atoms with E-state index in [0.717, 1.165) is 24.9 Å². The van der Waals surface area contributed by atoms with Gasteiger partial charge in [0.15, 0.2) is 11.5 Å². The fraction of sp³-hybridized carbons (Fsp3) is 0.381. The largest absolute Gasteiger partial charge is 0.493 e. The van der Waals surface area contributed by atoms with E-state index in [2.05, 4.69) is 17.3 Å². The summed E-state index contributed by atoms with van der Waals surface area (Å²) in [6.07, 6.45) is 1.59. The third-order valence-electron chi connectivity index (χ3n) is 5.34. The number of carbonyl (C=O) groups is 1. The van der Waals surface area contributed by atoms with Crippen molar-refractivity contribution in [3.8, 4) is 11.5 Å². The van der Waals surface area contributed by atoms with Gasteiger partial charge < -0.3 is 14.8 Å². The SMILES string of the molecule is COc1ccc(C2CC(NC(=O)c3ccc([N+](=O)[O-])cc3)CCN2C)cc1OC. The Hall–Kier alpha value is -3.13. The van der Waals surface area contributed by atoms with Crippen molar-refractivity contribution < 1.29 is 19.2 Å². The average Bonchev–Trinajstić information content (AvgIpc) is 2.74. The van der Waals surface area contributed by atoms with Crippen LogP contribution in [-0.4, -0.2) is 49.6 Å². The van der Waals surface area contributed by atoms with E-state index in [4.69, 9.17) is 9.47 Å². The zero-order chi connectivity index (χ0) is 21.0. The van der Waals surface area contributed by atoms with Crippen LogP contribution in [0.2, 0.25) is 0 Å². The van der Waals surface area contributed by atoms with Gasteiger partial charge in [0.2, 0.25) is 0 Å². The fourth-order valence-electron chi connectivity index (χ4n) is 3.67. The summed E-state index contributed by atoms with van der Waals surface area (Å²) in [5.41, 5.74) is 1.48. The monoisotopic (exact) mass is 399 g/mol. The molecule has 29 heavy (non-hydrogen) atoms. The van der Waals surface area contributed by atoms with Crippen molar-refractivity contribution in [2.75, 3.05) is 27.8 Å². The molecule has 0 bridgehead atoms. The topological polar surface area (TPSA) is 93.9 Å². The number of hydrogen-bond acceptors (Lipinski definition) is 6. The number of carbonyl (C=O) groups excluding carboxylic acids is 1. The maximum Gasteiger partial charge on any atom is 0.269 e. The van der Waals surface area contributed by atoms with Crippen molar-refractivity contribution in [3.05, 3.63) is 63.7 Å². The van der Waals surface area contributed by atoms with Gasteiger partial charge in [0, 0.05) is 36.3 Å². The lowest BCUT2D eigenvalue weighted by atomic mass is 9.91. The second-order valence-electron chi connectivity index (χ2n) is 7.11. The minimum atomic E-state index is -0.480. The molecular weight excluding hydrogens is 374 g/mol. The Balaban J connectivity index is 1.71. The van der Waals surface area contributed by atoms with Gasteiger partial charge in [-0.3, -0.25) is 19.8 Å². The predicted molar refractivity (Wildman–Crippen MR) is 109 cm³/mol. The van der Waals surface area contributed by atoms with E-state index in [1.54, 1.807) is 14.2 Å². The number of amides is 1. The molecule has 2 aromatic carbocycles. The minimum absolute atomic E-state index is 0.00647. The quantitative estimate of drug-likeness (QED) is 0.592. The molecule has 1 saturated heterocycles. The Morgan fingerprint density at radius 2 is 1.83 bits per heavy atom. The molecule has 154 valence electrons. The van der Waals surface area contributed by atoms with Gasteiger partial charge in [0.25, 0.3) is 11.6 Å². The summed E-state index contributed by atoms with van der Waals surface area (Å²) < 4.78 is 10.7. The molecule has 1 aliphatic rings. The molecule has 2 aromatic rings. The second-order valence-corrected chi connectivity index (χ2v) is 7.11. The summed E-state index contributed by atoms with van der Waals surface area (Å²) >= 11 is 0. The molecule has 1 heterocycles. The Morgan fingerprint density at radius 3 is 2.45 bits per heavy atom. The molecule has 3 rings (SSSR count). The van der Waals surface area contributed by atoms with E-state index in [9.17, 15) is 14.9 Å². The number of hydrogen-bond donors (Lipinski definition) is 1. The predicted octanol–water partition coefficient (Wildman–Crippen LogP) is 3.18. The highest BCUT2D eigenvalue weighted by Gasteiger charge is 2.29. The molecule has 2 atom stereocenters. The number of likely N-dealkylation sites (tertiary alicyclic amines) is 1. The number of nitro groups is 1. The van der Waals surface area contributed by atoms with Crippen molar-refractivity contribution in [2.45, 2.75) is 24.9 Å². The summed E-state index contributed by atoms with van der Waals surface area (Å²) in [5, 5.41) is 13.8. The van der Waals surface area contributed by atoms with Gasteiger partial charge >= 0.3 is 0 Å². The highest BCUT2D eigenvalue weighted by molar-refractivity contribution is 5.94. The number of nitrogens with one attached hydrogen (secondary N) is 1. The number of rotatable bonds is 6. The van der Waals surface area contributed by atoms with Crippen LogP contribution in [0.4, 0.5) is 5.69 Å². The highest BCUT2D eigenvalue weighted by atomic mass is 16.6. The van der Waals surface area contributed by atoms with E-state index >= 15 is 0 Å². The number of piperidine rings is 1. The van der Waals surface area contributed by atoms with Crippen molar-refractivity contribution in [1.82, 2.24) is 10.2 Å². The summed E-state index contributed by atoms with van der Waals surface area (Å²) in [7, 11) is 5.28. The maximum absolute atomic E-state index is 12.6. The zero-order valence-electron chi connectivity index (χ0n) is 16.8. The van der Waals surface area contributed by atoms with E-state index in [-0.39, 0.29) is 23.7 Å². The smallest absolute Gasteiger partial charge is 0.269 e. The molecule has 0 aromatic heterocycles. The molecule has 0 spiro atoms. The molecule has 1 aliphatic heterocycles. The standard InChI is InChI=1S/C21H25N3O5/c1-23-11-10-16(22-21(25)14-4-7-17(8-5-14)24(26)27)13-18(23)15-6-9-19(28-2)20(12-15)29-3/h4-9,12,16,18H,10-11,13H2,1-3H3,(H,22,25). The first kappa shape index (κ1) is 20.6. The lowest BCUT2D eigenvalue weighted by Gasteiger charge is -2.38. The van der Waals surface area contributed by atoms with Crippen LogP contribution in [0.15, 0.2) is 42.5 Å². The van der Waals surface area contributed by atoms with Crippen LogP contribution in [0.25, 0.3) is 0 Å². The number of methoxy groups -OCH3 is 2. The number of nitro benzene ring substituents is 1. The average molecular weight is 399 g/mol. The summed E-state index contributed by atoms with van der Waals surface area (Å²) in [4.78, 5) is 25.1. The molecular formula is C21H25N3O5. The highest BCUT2D eigenvalue weighted by Crippen LogP contribution is 2.35. The van der Waals surface area contributed by atoms with E-state index in [1.807, 2.05) is 18.2 Å². The van der Waals surface area contributed by atoms with Crippen molar-refractivity contribution in [1.29, 1.82) is 0 Å². The Morgan fingerprint density at radius 1 is 1.14 bits per heavy atom. The van der Waals surface area contributed by atoms with Crippen LogP contribution in [0.5, 0.6) is 11.5 Å². The van der Waals surface area contributed by atoms with Gasteiger partial charge in [0.1, 0.15) is 0 Å². The first-order valence-electron chi connectivity index (χ1n) is 9.40. The molecule has 2 unspecified atom stereocenters. The molecule has 1 fully saturated rings. The van der Waals surface area contributed by atoms with E-state index < -0.39 is 4.92 Å². The van der Waals surface area contributed by atoms with Crippen LogP contribution < -0.4 is 14.8 Å². The van der Waals surface area contributed by atoms with Gasteiger partial charge in [-0.2, -0.15) is 0 Å². The number of nitrogens with zero attached hydrogens (tertiary/aromatic N) is 2. The van der Waals surface area contributed by atoms with Gasteiger partial charge in [-0.15, -0.1) is 0 Å². The summed E-state index contributed by atoms with van der Waals surface area (Å²) in [5.74, 6) is 1.13. The molecule has 0 saturated carbocycles. The van der Waals surface area contributed by atoms with Crippen molar-refractivity contribution in [2.24, 2.45) is 0 Å². The number of ether oxygens (including phenoxy) is 2. The third kappa shape index (κ3) is 4.65. The van der Waals surface area contributed by atoms with Crippen molar-refractivity contribution in [3.63, 3.8) is 0 Å². The first-order chi connectivity index (χ1) is 13.9. The van der Waals surface area contributed by atoms with Crippen LogP contribution in [0, 0.1) is 10.1 Å². The van der Waals surface area contributed by atoms with Gasteiger partial charge in [-0.25, -0.2) is 0 Å². The lowest BCUT2D eigenvalue weighted by molar-refractivity contribution is -0.384. The third-order valence-corrected chi connectivity index (χ3v) is 5.34. The van der Waals surface area contributed by atoms with Crippen LogP contribution >= 0.6 is 0 Å². The van der Waals surface area contributed by atoms with Gasteiger partial charge in [0.05, 0.1) is 19.1 Å². The Kier molecular flexibility index (Phi) is 6.33. The number of benzene rings is 2. The molecule has 1 amide bonds. The maximum atomic E-state index is 12.6. The molecule has 1 N–H and O–H groups in total. The Labute approximate surface area is 169 Å². The number of non-ortho nitro benzene ring substituents is 1. The Bertz CT molecular complexity index is 884. The van der Waals surface area contributed by atoms with Crippen LogP contribution in [0.1, 0.15) is 34.8 Å².